The molecule has 0 fully saturated rings. The van der Waals surface area contributed by atoms with Crippen molar-refractivity contribution in [1.82, 2.24) is 5.32 Å². The molecule has 0 unspecified atom stereocenters. The number of hydrogen-bond donors (Lipinski definition) is 1. The lowest BCUT2D eigenvalue weighted by Gasteiger charge is -2.38. The molecule has 0 heterocycles. The minimum absolute atomic E-state index is 0.717. The van der Waals surface area contributed by atoms with Gasteiger partial charge in [-0.25, -0.2) is 0 Å². The fourth-order valence-electron chi connectivity index (χ4n) is 2.46. The van der Waals surface area contributed by atoms with E-state index >= 15 is 0 Å². The Hall–Kier alpha value is 0.137. The van der Waals surface area contributed by atoms with Crippen LogP contribution in [0.4, 0.5) is 0 Å². The van der Waals surface area contributed by atoms with Gasteiger partial charge in [0.2, 0.25) is 0 Å². The van der Waals surface area contributed by atoms with E-state index in [4.69, 9.17) is 4.43 Å². The first-order valence-corrected chi connectivity index (χ1v) is 8.56. The summed E-state index contributed by atoms with van der Waals surface area (Å²) >= 11 is 0. The maximum Gasteiger partial charge on any atom is 0.197 e. The molecule has 3 heteroatoms. The molecule has 0 amide bonds. The van der Waals surface area contributed by atoms with E-state index in [1.54, 1.807) is 0 Å². The third-order valence-electron chi connectivity index (χ3n) is 3.36. The molecule has 0 aliphatic heterocycles. The molecular weight excluding hydrogens is 202 g/mol. The molecule has 0 aromatic carbocycles. The molecule has 0 atom stereocenters. The third kappa shape index (κ3) is 4.25. The zero-order valence-corrected chi connectivity index (χ0v) is 12.4. The molecule has 0 bridgehead atoms. The molecule has 0 saturated carbocycles. The van der Waals surface area contributed by atoms with Crippen LogP contribution in [0, 0.1) is 0 Å². The Labute approximate surface area is 96.9 Å². The maximum atomic E-state index is 6.21. The molecule has 2 nitrogen and oxygen atoms in total. The normalized spacial score (nSPS) is 12.8. The van der Waals surface area contributed by atoms with Gasteiger partial charge in [0.25, 0.3) is 0 Å². The largest absolute Gasteiger partial charge is 0.417 e. The number of rotatable bonds is 8. The lowest BCUT2D eigenvalue weighted by molar-refractivity contribution is 0.303. The zero-order chi connectivity index (χ0) is 11.9. The van der Waals surface area contributed by atoms with Crippen LogP contribution in [0.1, 0.15) is 41.0 Å². The first-order valence-electron chi connectivity index (χ1n) is 6.29. The Morgan fingerprint density at radius 2 is 1.67 bits per heavy atom. The molecule has 92 valence electrons. The van der Waals surface area contributed by atoms with E-state index in [9.17, 15) is 0 Å². The van der Waals surface area contributed by atoms with Crippen molar-refractivity contribution in [2.24, 2.45) is 0 Å². The number of nitrogens with one attached hydrogen (secondary N) is 1. The second-order valence-corrected chi connectivity index (χ2v) is 9.91. The van der Waals surface area contributed by atoms with E-state index in [2.05, 4.69) is 39.9 Å². The van der Waals surface area contributed by atoms with Crippen LogP contribution >= 0.6 is 0 Å². The fraction of sp³-hybridized carbons (Fsp3) is 1.00. The Morgan fingerprint density at radius 3 is 2.00 bits per heavy atom. The summed E-state index contributed by atoms with van der Waals surface area (Å²) in [5, 5.41) is 3.23. The van der Waals surface area contributed by atoms with Crippen LogP contribution in [0.25, 0.3) is 0 Å². The lowest BCUT2D eigenvalue weighted by Crippen LogP contribution is -2.45. The summed E-state index contributed by atoms with van der Waals surface area (Å²) < 4.78 is 6.21. The SMILES string of the molecule is CCO[Si](CCCNC)(C(C)C)C(C)C. The second kappa shape index (κ2) is 7.42. The molecular formula is C12H29NOSi. The minimum atomic E-state index is -1.53. The van der Waals surface area contributed by atoms with Crippen molar-refractivity contribution in [3.63, 3.8) is 0 Å². The monoisotopic (exact) mass is 231 g/mol. The Kier molecular flexibility index (Phi) is 7.48. The average molecular weight is 231 g/mol. The highest BCUT2D eigenvalue weighted by molar-refractivity contribution is 6.76. The molecule has 1 N–H and O–H groups in total. The predicted octanol–water partition coefficient (Wildman–Crippen LogP) is 3.40. The van der Waals surface area contributed by atoms with Crippen molar-refractivity contribution in [2.75, 3.05) is 20.2 Å². The third-order valence-corrected chi connectivity index (χ3v) is 9.23. The van der Waals surface area contributed by atoms with E-state index < -0.39 is 8.32 Å². The Bertz CT molecular complexity index is 152. The Morgan fingerprint density at radius 1 is 1.13 bits per heavy atom. The van der Waals surface area contributed by atoms with Crippen molar-refractivity contribution in [3.8, 4) is 0 Å². The van der Waals surface area contributed by atoms with Gasteiger partial charge in [-0.2, -0.15) is 0 Å². The van der Waals surface area contributed by atoms with Crippen molar-refractivity contribution in [1.29, 1.82) is 0 Å². The van der Waals surface area contributed by atoms with Crippen LogP contribution in [-0.2, 0) is 4.43 Å². The average Bonchev–Trinajstić information content (AvgIpc) is 2.15. The van der Waals surface area contributed by atoms with Gasteiger partial charge in [-0.1, -0.05) is 27.7 Å². The zero-order valence-electron chi connectivity index (χ0n) is 11.4. The van der Waals surface area contributed by atoms with Crippen LogP contribution in [0.3, 0.4) is 0 Å². The molecule has 0 aliphatic carbocycles. The van der Waals surface area contributed by atoms with Crippen molar-refractivity contribution < 1.29 is 4.43 Å². The van der Waals surface area contributed by atoms with Crippen molar-refractivity contribution in [2.45, 2.75) is 58.2 Å². The predicted molar refractivity (Wildman–Crippen MR) is 70.9 cm³/mol. The standard InChI is InChI=1S/C12H29NOSi/c1-7-14-15(11(2)3,12(4)5)10-8-9-13-6/h11-13H,7-10H2,1-6H3. The van der Waals surface area contributed by atoms with Gasteiger partial charge >= 0.3 is 0 Å². The van der Waals surface area contributed by atoms with Gasteiger partial charge in [0.15, 0.2) is 8.32 Å². The first kappa shape index (κ1) is 15.1. The number of hydrogen-bond acceptors (Lipinski definition) is 2. The summed E-state index contributed by atoms with van der Waals surface area (Å²) in [5.41, 5.74) is 1.43. The highest BCUT2D eigenvalue weighted by Crippen LogP contribution is 2.37. The topological polar surface area (TPSA) is 21.3 Å². The van der Waals surface area contributed by atoms with Crippen molar-refractivity contribution >= 4 is 8.32 Å². The highest BCUT2D eigenvalue weighted by Gasteiger charge is 2.40. The first-order chi connectivity index (χ1) is 7.01. The molecule has 0 aliphatic rings. The van der Waals surface area contributed by atoms with Crippen LogP contribution in [0.2, 0.25) is 17.1 Å². The molecule has 0 aromatic rings. The Balaban J connectivity index is 4.48. The summed E-state index contributed by atoms with van der Waals surface area (Å²) in [7, 11) is 0.495. The van der Waals surface area contributed by atoms with Crippen LogP contribution in [0.15, 0.2) is 0 Å². The lowest BCUT2D eigenvalue weighted by atomic mass is 10.5. The van der Waals surface area contributed by atoms with E-state index in [0.29, 0.717) is 11.1 Å². The summed E-state index contributed by atoms with van der Waals surface area (Å²) in [4.78, 5) is 0. The summed E-state index contributed by atoms with van der Waals surface area (Å²) in [5.74, 6) is 0. The smallest absolute Gasteiger partial charge is 0.197 e. The fourth-order valence-corrected chi connectivity index (χ4v) is 7.03. The van der Waals surface area contributed by atoms with Gasteiger partial charge in [-0.15, -0.1) is 0 Å². The molecule has 0 saturated heterocycles. The van der Waals surface area contributed by atoms with Gasteiger partial charge in [0, 0.05) is 6.61 Å². The summed E-state index contributed by atoms with van der Waals surface area (Å²) in [6.07, 6.45) is 1.25. The quantitative estimate of drug-likeness (QED) is 0.511. The van der Waals surface area contributed by atoms with E-state index in [-0.39, 0.29) is 0 Å². The van der Waals surface area contributed by atoms with Gasteiger partial charge < -0.3 is 9.74 Å². The maximum absolute atomic E-state index is 6.21. The van der Waals surface area contributed by atoms with E-state index in [1.807, 2.05) is 7.05 Å². The van der Waals surface area contributed by atoms with Gasteiger partial charge in [0.1, 0.15) is 0 Å². The minimum Gasteiger partial charge on any atom is -0.417 e. The molecule has 0 rings (SSSR count). The second-order valence-electron chi connectivity index (χ2n) is 4.90. The molecule has 0 spiro atoms. The summed E-state index contributed by atoms with van der Waals surface area (Å²) in [6, 6.07) is 1.29. The highest BCUT2D eigenvalue weighted by atomic mass is 28.4. The van der Waals surface area contributed by atoms with Gasteiger partial charge in [-0.3, -0.25) is 0 Å². The van der Waals surface area contributed by atoms with Crippen LogP contribution in [-0.4, -0.2) is 28.5 Å². The van der Waals surface area contributed by atoms with Crippen molar-refractivity contribution in [3.05, 3.63) is 0 Å². The van der Waals surface area contributed by atoms with E-state index in [0.717, 1.165) is 13.2 Å². The van der Waals surface area contributed by atoms with Crippen LogP contribution < -0.4 is 5.32 Å². The molecule has 15 heavy (non-hydrogen) atoms. The van der Waals surface area contributed by atoms with Crippen LogP contribution in [0.5, 0.6) is 0 Å². The molecule has 0 aromatic heterocycles. The van der Waals surface area contributed by atoms with E-state index in [1.165, 1.54) is 12.5 Å². The van der Waals surface area contributed by atoms with Gasteiger partial charge in [-0.05, 0) is 44.1 Å². The molecule has 0 radical (unpaired) electrons. The van der Waals surface area contributed by atoms with Gasteiger partial charge in [0.05, 0.1) is 0 Å². The summed E-state index contributed by atoms with van der Waals surface area (Å²) in [6.45, 7) is 13.5.